The first-order chi connectivity index (χ1) is 15.0. The van der Waals surface area contributed by atoms with Gasteiger partial charge in [0, 0.05) is 23.5 Å². The van der Waals surface area contributed by atoms with Gasteiger partial charge in [0.2, 0.25) is 0 Å². The second-order valence-electron chi connectivity index (χ2n) is 9.08. The Labute approximate surface area is 179 Å². The lowest BCUT2D eigenvalue weighted by molar-refractivity contribution is -0.0988. The van der Waals surface area contributed by atoms with Crippen molar-refractivity contribution < 1.29 is 0 Å². The average Bonchev–Trinajstić information content (AvgIpc) is 3.32. The van der Waals surface area contributed by atoms with Crippen molar-refractivity contribution in [1.29, 1.82) is 5.26 Å². The van der Waals surface area contributed by atoms with Crippen molar-refractivity contribution in [2.24, 2.45) is 5.92 Å². The van der Waals surface area contributed by atoms with Crippen molar-refractivity contribution in [2.45, 2.75) is 44.7 Å². The fraction of sp³-hybridized carbons (Fsp3) is 0.348. The van der Waals surface area contributed by atoms with Gasteiger partial charge in [-0.2, -0.15) is 10.4 Å². The maximum absolute atomic E-state index is 9.12. The predicted molar refractivity (Wildman–Crippen MR) is 116 cm³/mol. The molecule has 0 amide bonds. The maximum atomic E-state index is 9.12. The quantitative estimate of drug-likeness (QED) is 0.537. The van der Waals surface area contributed by atoms with Crippen LogP contribution in [0.15, 0.2) is 42.9 Å². The highest BCUT2D eigenvalue weighted by Gasteiger charge is 2.58. The SMILES string of the molecule is CC(C)Nc1cc(-c2ccc3cc(C#N)cnn23)ncc1-c1cn(C23CC(C2)C3)nn1. The van der Waals surface area contributed by atoms with Crippen LogP contribution in [-0.2, 0) is 5.54 Å². The normalized spacial score (nSPS) is 21.5. The third-order valence-corrected chi connectivity index (χ3v) is 6.50. The van der Waals surface area contributed by atoms with Crippen LogP contribution in [0.5, 0.6) is 0 Å². The molecule has 0 aliphatic heterocycles. The lowest BCUT2D eigenvalue weighted by Crippen LogP contribution is -2.59. The summed E-state index contributed by atoms with van der Waals surface area (Å²) < 4.78 is 3.87. The van der Waals surface area contributed by atoms with Gasteiger partial charge in [-0.3, -0.25) is 4.98 Å². The first-order valence-corrected chi connectivity index (χ1v) is 10.6. The highest BCUT2D eigenvalue weighted by Crippen LogP contribution is 2.62. The molecule has 0 aromatic carbocycles. The standard InChI is InChI=1S/C23H22N8/c1-14(2)27-19-6-20(22-4-3-17-5-15(10-24)11-26-31(17)22)25-12-18(19)21-13-30(29-28-21)23-7-16(8-23)9-23/h3-6,11-14,16H,7-9H2,1-2H3,(H,25,27). The van der Waals surface area contributed by atoms with Gasteiger partial charge in [0.05, 0.1) is 40.4 Å². The van der Waals surface area contributed by atoms with Crippen LogP contribution in [0.4, 0.5) is 5.69 Å². The third kappa shape index (κ3) is 2.73. The van der Waals surface area contributed by atoms with Crippen molar-refractivity contribution in [1.82, 2.24) is 29.6 Å². The molecule has 31 heavy (non-hydrogen) atoms. The molecule has 154 valence electrons. The second kappa shape index (κ2) is 6.38. The van der Waals surface area contributed by atoms with Crippen molar-refractivity contribution in [3.63, 3.8) is 0 Å². The van der Waals surface area contributed by atoms with E-state index in [0.717, 1.165) is 39.8 Å². The molecule has 7 rings (SSSR count). The third-order valence-electron chi connectivity index (χ3n) is 6.50. The number of aromatic nitrogens is 6. The van der Waals surface area contributed by atoms with Crippen LogP contribution >= 0.6 is 0 Å². The lowest BCUT2D eigenvalue weighted by atomic mass is 9.50. The Morgan fingerprint density at radius 3 is 2.71 bits per heavy atom. The molecule has 3 saturated carbocycles. The summed E-state index contributed by atoms with van der Waals surface area (Å²) in [4.78, 5) is 4.73. The minimum absolute atomic E-state index is 0.216. The van der Waals surface area contributed by atoms with Crippen LogP contribution in [0, 0.1) is 17.2 Å². The summed E-state index contributed by atoms with van der Waals surface area (Å²) in [6.45, 7) is 4.22. The summed E-state index contributed by atoms with van der Waals surface area (Å²) in [5.74, 6) is 0.890. The number of nitriles is 1. The number of fused-ring (bicyclic) bond motifs is 1. The summed E-state index contributed by atoms with van der Waals surface area (Å²) in [5.41, 5.74) is 6.03. The number of nitrogens with zero attached hydrogens (tertiary/aromatic N) is 7. The van der Waals surface area contributed by atoms with Gasteiger partial charge in [-0.15, -0.1) is 5.10 Å². The molecular formula is C23H22N8. The number of pyridine rings is 1. The van der Waals surface area contributed by atoms with E-state index in [0.29, 0.717) is 5.56 Å². The zero-order chi connectivity index (χ0) is 21.2. The maximum Gasteiger partial charge on any atom is 0.116 e. The molecule has 8 heteroatoms. The predicted octanol–water partition coefficient (Wildman–Crippen LogP) is 3.86. The van der Waals surface area contributed by atoms with Gasteiger partial charge in [-0.25, -0.2) is 9.20 Å². The monoisotopic (exact) mass is 410 g/mol. The zero-order valence-corrected chi connectivity index (χ0v) is 17.4. The van der Waals surface area contributed by atoms with E-state index in [9.17, 15) is 0 Å². The van der Waals surface area contributed by atoms with Gasteiger partial charge in [-0.05, 0) is 63.3 Å². The van der Waals surface area contributed by atoms with E-state index in [1.165, 1.54) is 19.3 Å². The molecule has 4 aromatic rings. The molecule has 4 aromatic heterocycles. The van der Waals surface area contributed by atoms with Crippen LogP contribution in [-0.4, -0.2) is 35.6 Å². The van der Waals surface area contributed by atoms with E-state index in [2.05, 4.69) is 51.5 Å². The van der Waals surface area contributed by atoms with E-state index in [4.69, 9.17) is 10.2 Å². The molecular weight excluding hydrogens is 388 g/mol. The number of nitrogens with one attached hydrogen (secondary N) is 1. The summed E-state index contributed by atoms with van der Waals surface area (Å²) in [6, 6.07) is 10.2. The van der Waals surface area contributed by atoms with Gasteiger partial charge >= 0.3 is 0 Å². The molecule has 3 aliphatic rings. The Morgan fingerprint density at radius 1 is 1.16 bits per heavy atom. The molecule has 8 nitrogen and oxygen atoms in total. The largest absolute Gasteiger partial charge is 0.382 e. The van der Waals surface area contributed by atoms with Crippen molar-refractivity contribution in [2.75, 3.05) is 5.32 Å². The zero-order valence-electron chi connectivity index (χ0n) is 17.4. The Morgan fingerprint density at radius 2 is 2.00 bits per heavy atom. The number of hydrogen-bond donors (Lipinski definition) is 1. The molecule has 4 heterocycles. The van der Waals surface area contributed by atoms with E-state index in [1.54, 1.807) is 10.7 Å². The minimum Gasteiger partial charge on any atom is -0.382 e. The molecule has 2 bridgehead atoms. The van der Waals surface area contributed by atoms with Gasteiger partial charge in [0.25, 0.3) is 0 Å². The lowest BCUT2D eigenvalue weighted by Gasteiger charge is -2.61. The van der Waals surface area contributed by atoms with Crippen LogP contribution in [0.3, 0.4) is 0 Å². The Kier molecular flexibility index (Phi) is 3.72. The van der Waals surface area contributed by atoms with Gasteiger partial charge in [-0.1, -0.05) is 5.21 Å². The second-order valence-corrected chi connectivity index (χ2v) is 9.08. The van der Waals surface area contributed by atoms with E-state index in [1.807, 2.05) is 30.5 Å². The van der Waals surface area contributed by atoms with E-state index < -0.39 is 0 Å². The first kappa shape index (κ1) is 18.1. The smallest absolute Gasteiger partial charge is 0.116 e. The topological polar surface area (TPSA) is 96.7 Å². The van der Waals surface area contributed by atoms with E-state index >= 15 is 0 Å². The summed E-state index contributed by atoms with van der Waals surface area (Å²) in [5, 5.41) is 26.0. The highest BCUT2D eigenvalue weighted by molar-refractivity contribution is 5.79. The average molecular weight is 410 g/mol. The van der Waals surface area contributed by atoms with Gasteiger partial charge in [0.1, 0.15) is 11.8 Å². The molecule has 0 atom stereocenters. The molecule has 3 aliphatic carbocycles. The fourth-order valence-electron chi connectivity index (χ4n) is 4.82. The molecule has 0 spiro atoms. The van der Waals surface area contributed by atoms with Gasteiger partial charge < -0.3 is 5.32 Å². The number of hydrogen-bond acceptors (Lipinski definition) is 6. The summed E-state index contributed by atoms with van der Waals surface area (Å²) >= 11 is 0. The molecule has 1 N–H and O–H groups in total. The van der Waals surface area contributed by atoms with Crippen LogP contribution in [0.1, 0.15) is 38.7 Å². The molecule has 0 unspecified atom stereocenters. The highest BCUT2D eigenvalue weighted by atomic mass is 15.5. The molecule has 3 fully saturated rings. The van der Waals surface area contributed by atoms with Crippen LogP contribution < -0.4 is 5.32 Å². The fourth-order valence-corrected chi connectivity index (χ4v) is 4.82. The van der Waals surface area contributed by atoms with Crippen molar-refractivity contribution in [3.05, 3.63) is 48.4 Å². The first-order valence-electron chi connectivity index (χ1n) is 10.6. The minimum atomic E-state index is 0.216. The number of anilines is 1. The molecule has 0 radical (unpaired) electrons. The summed E-state index contributed by atoms with van der Waals surface area (Å²) in [7, 11) is 0. The van der Waals surface area contributed by atoms with Crippen molar-refractivity contribution >= 4 is 11.2 Å². The Hall–Kier alpha value is -3.73. The summed E-state index contributed by atoms with van der Waals surface area (Å²) in [6.07, 6.45) is 9.18. The molecule has 0 saturated heterocycles. The number of rotatable bonds is 5. The van der Waals surface area contributed by atoms with Gasteiger partial charge in [0.15, 0.2) is 0 Å². The van der Waals surface area contributed by atoms with Crippen molar-refractivity contribution in [3.8, 4) is 28.7 Å². The Bertz CT molecular complexity index is 1340. The van der Waals surface area contributed by atoms with Crippen LogP contribution in [0.2, 0.25) is 0 Å². The Balaban J connectivity index is 1.41. The van der Waals surface area contributed by atoms with E-state index in [-0.39, 0.29) is 11.6 Å². The van der Waals surface area contributed by atoms with Crippen LogP contribution in [0.25, 0.3) is 28.2 Å².